The van der Waals surface area contributed by atoms with E-state index in [0.29, 0.717) is 31.2 Å². The summed E-state index contributed by atoms with van der Waals surface area (Å²) in [7, 11) is 6.42. The highest BCUT2D eigenvalue weighted by Gasteiger charge is 2.40. The number of rotatable bonds is 24. The van der Waals surface area contributed by atoms with Gasteiger partial charge in [0.15, 0.2) is 5.96 Å². The molecule has 0 aromatic heterocycles. The highest BCUT2D eigenvalue weighted by molar-refractivity contribution is 5.96. The van der Waals surface area contributed by atoms with Crippen LogP contribution in [-0.4, -0.2) is 132 Å². The summed E-state index contributed by atoms with van der Waals surface area (Å²) in [6, 6.07) is 0.625. The van der Waals surface area contributed by atoms with Crippen LogP contribution in [0, 0.1) is 11.3 Å². The molecule has 5 atom stereocenters. The highest BCUT2D eigenvalue weighted by Crippen LogP contribution is 2.23. The zero-order valence-electron chi connectivity index (χ0n) is 36.5. The van der Waals surface area contributed by atoms with E-state index >= 15 is 0 Å². The number of aliphatic imine (C=N–C) groups is 1. The number of aromatic hydroxyl groups is 1. The van der Waals surface area contributed by atoms with Crippen molar-refractivity contribution < 1.29 is 43.5 Å². The first-order valence-electron chi connectivity index (χ1n) is 20.9. The van der Waals surface area contributed by atoms with Crippen molar-refractivity contribution in [3.63, 3.8) is 0 Å². The highest BCUT2D eigenvalue weighted by atomic mass is 16.4. The number of nitrogens with one attached hydrogen (secondary N) is 4. The average molecular weight is 831 g/mol. The molecule has 1 fully saturated rings. The molecule has 0 saturated carbocycles. The van der Waals surface area contributed by atoms with E-state index in [2.05, 4.69) is 47.4 Å². The molecule has 1 heterocycles. The Hall–Kier alpha value is -4.93. The van der Waals surface area contributed by atoms with Gasteiger partial charge in [0, 0.05) is 25.9 Å². The lowest BCUT2D eigenvalue weighted by Crippen LogP contribution is -2.61. The number of hydrogen-bond donors (Lipinski definition) is 8. The first kappa shape index (κ1) is 50.2. The van der Waals surface area contributed by atoms with Gasteiger partial charge in [-0.2, -0.15) is 0 Å². The summed E-state index contributed by atoms with van der Waals surface area (Å²) in [6.07, 6.45) is 5.45. The fourth-order valence-electron chi connectivity index (χ4n) is 6.97. The number of nitrogens with two attached hydrogens (primary N) is 2. The van der Waals surface area contributed by atoms with E-state index in [1.165, 1.54) is 17.0 Å². The summed E-state index contributed by atoms with van der Waals surface area (Å²) in [5.41, 5.74) is 10.7. The van der Waals surface area contributed by atoms with Crippen LogP contribution in [0.15, 0.2) is 29.3 Å². The normalized spacial score (nSPS) is 16.4. The minimum Gasteiger partial charge on any atom is -0.508 e. The number of phenolic OH excluding ortho intramolecular Hbond substituents is 1. The van der Waals surface area contributed by atoms with Crippen LogP contribution in [0.5, 0.6) is 5.75 Å². The number of carbonyl (C=O) groups excluding carboxylic acids is 5. The Balaban J connectivity index is 2.30. The lowest BCUT2D eigenvalue weighted by Gasteiger charge is -2.33. The smallest absolute Gasteiger partial charge is 0.326 e. The first-order valence-corrected chi connectivity index (χ1v) is 20.9. The molecule has 1 aromatic carbocycles. The molecule has 332 valence electrons. The van der Waals surface area contributed by atoms with Crippen molar-refractivity contribution in [2.75, 3.05) is 40.8 Å². The van der Waals surface area contributed by atoms with Gasteiger partial charge in [-0.3, -0.25) is 29.0 Å². The Morgan fingerprint density at radius 1 is 0.864 bits per heavy atom. The molecule has 10 N–H and O–H groups in total. The molecular weight excluding hydrogens is 759 g/mol. The Morgan fingerprint density at radius 2 is 1.51 bits per heavy atom. The predicted octanol–water partition coefficient (Wildman–Crippen LogP) is 1.75. The molecule has 1 aliphatic heterocycles. The van der Waals surface area contributed by atoms with Crippen LogP contribution >= 0.6 is 0 Å². The molecule has 0 unspecified atom stereocenters. The number of carboxylic acids is 1. The number of quaternary nitrogens is 1. The topological polar surface area (TPSA) is 259 Å². The van der Waals surface area contributed by atoms with Crippen LogP contribution in [0.2, 0.25) is 0 Å². The maximum atomic E-state index is 14.2. The first-order chi connectivity index (χ1) is 27.5. The number of unbranched alkanes of at least 4 members (excludes halogenated alkanes) is 3. The molecule has 17 nitrogen and oxygen atoms in total. The summed E-state index contributed by atoms with van der Waals surface area (Å²) in [5, 5.41) is 30.7. The number of nitrogens with zero attached hydrogens (tertiary/aromatic N) is 3. The maximum absolute atomic E-state index is 14.2. The molecule has 0 radical (unpaired) electrons. The maximum Gasteiger partial charge on any atom is 0.326 e. The van der Waals surface area contributed by atoms with E-state index in [1.807, 2.05) is 13.8 Å². The fourth-order valence-corrected chi connectivity index (χ4v) is 6.97. The van der Waals surface area contributed by atoms with Crippen molar-refractivity contribution in [1.29, 1.82) is 0 Å². The second-order valence-corrected chi connectivity index (χ2v) is 18.2. The molecule has 5 amide bonds. The Labute approximate surface area is 350 Å². The van der Waals surface area contributed by atoms with E-state index in [4.69, 9.17) is 11.5 Å². The number of hydrogen-bond acceptors (Lipinski definition) is 8. The van der Waals surface area contributed by atoms with E-state index in [-0.39, 0.29) is 62.3 Å². The van der Waals surface area contributed by atoms with Gasteiger partial charge in [-0.05, 0) is 80.4 Å². The van der Waals surface area contributed by atoms with Crippen LogP contribution in [-0.2, 0) is 35.2 Å². The van der Waals surface area contributed by atoms with Gasteiger partial charge in [-0.15, -0.1) is 0 Å². The SMILES string of the molecule is CC(C)C[C@H](NC(=O)[C@@H](NC(=O)[C@H](Cc1ccc(O)cc1)NC(=O)[C@@H]1CCCN1C(=O)[C@H](CCCN=C(N)N)NC(=O)CCCCCC[N+](C)(C)C)C(C)(C)C)C(=O)O. The van der Waals surface area contributed by atoms with E-state index in [9.17, 15) is 39.0 Å². The minimum absolute atomic E-state index is 0.00757. The monoisotopic (exact) mass is 831 g/mol. The van der Waals surface area contributed by atoms with Crippen LogP contribution in [0.3, 0.4) is 0 Å². The zero-order chi connectivity index (χ0) is 44.5. The molecule has 1 aliphatic rings. The fraction of sp³-hybridized carbons (Fsp3) is 0.690. The van der Waals surface area contributed by atoms with Crippen LogP contribution in [0.25, 0.3) is 0 Å². The van der Waals surface area contributed by atoms with Crippen LogP contribution in [0.4, 0.5) is 0 Å². The number of carbonyl (C=O) groups is 6. The molecule has 1 saturated heterocycles. The standard InChI is InChI=1S/C42H71N9O8/c1-27(2)25-32(40(58)59)48-38(56)35(42(3,4)5)49-36(54)31(26-28-18-20-29(52)21-19-28)47-37(55)33-16-14-23-50(33)39(57)30(15-13-22-45-41(43)44)46-34(53)17-11-9-10-12-24-51(6,7)8/h18-21,27,30-33,35H,9-17,22-26H2,1-8H3,(H9-,43,44,45,46,47,48,49,52,53,54,55,56,58,59)/p+1/t30-,31-,32-,33-,35+/m0/s1. The van der Waals surface area contributed by atoms with Crippen LogP contribution < -0.4 is 32.7 Å². The van der Waals surface area contributed by atoms with Crippen molar-refractivity contribution in [1.82, 2.24) is 26.2 Å². The van der Waals surface area contributed by atoms with Crippen molar-refractivity contribution in [3.8, 4) is 5.75 Å². The Kier molecular flexibility index (Phi) is 20.1. The molecule has 0 bridgehead atoms. The number of phenols is 1. The number of benzene rings is 1. The van der Waals surface area contributed by atoms with Gasteiger partial charge < -0.3 is 52.3 Å². The third-order valence-corrected chi connectivity index (χ3v) is 10.1. The zero-order valence-corrected chi connectivity index (χ0v) is 36.5. The second kappa shape index (κ2) is 23.6. The molecule has 1 aromatic rings. The number of aliphatic carboxylic acids is 1. The third-order valence-electron chi connectivity index (χ3n) is 10.1. The number of guanidine groups is 1. The van der Waals surface area contributed by atoms with Gasteiger partial charge in [0.1, 0.15) is 36.0 Å². The van der Waals surface area contributed by atoms with Gasteiger partial charge in [-0.1, -0.05) is 53.2 Å². The van der Waals surface area contributed by atoms with Gasteiger partial charge >= 0.3 is 5.97 Å². The Bertz CT molecular complexity index is 1580. The minimum atomic E-state index is -1.23. The Morgan fingerprint density at radius 3 is 2.08 bits per heavy atom. The van der Waals surface area contributed by atoms with Gasteiger partial charge in [0.2, 0.25) is 29.5 Å². The molecular formula is C42H72N9O8+. The van der Waals surface area contributed by atoms with Gasteiger partial charge in [0.25, 0.3) is 0 Å². The van der Waals surface area contributed by atoms with Crippen molar-refractivity contribution in [2.24, 2.45) is 27.8 Å². The summed E-state index contributed by atoms with van der Waals surface area (Å²) < 4.78 is 0.873. The number of carboxylic acid groups (broad SMARTS) is 1. The lowest BCUT2D eigenvalue weighted by atomic mass is 9.85. The van der Waals surface area contributed by atoms with E-state index < -0.39 is 65.2 Å². The summed E-state index contributed by atoms with van der Waals surface area (Å²) >= 11 is 0. The van der Waals surface area contributed by atoms with Gasteiger partial charge in [0.05, 0.1) is 27.7 Å². The average Bonchev–Trinajstić information content (AvgIpc) is 3.62. The molecule has 0 spiro atoms. The van der Waals surface area contributed by atoms with Crippen molar-refractivity contribution in [2.45, 2.75) is 135 Å². The van der Waals surface area contributed by atoms with Gasteiger partial charge in [-0.25, -0.2) is 4.79 Å². The summed E-state index contributed by atoms with van der Waals surface area (Å²) in [6.45, 7) is 10.4. The quantitative estimate of drug-likeness (QED) is 0.0324. The predicted molar refractivity (Wildman–Crippen MR) is 227 cm³/mol. The molecule has 59 heavy (non-hydrogen) atoms. The largest absolute Gasteiger partial charge is 0.508 e. The van der Waals surface area contributed by atoms with E-state index in [1.54, 1.807) is 32.9 Å². The number of amides is 5. The van der Waals surface area contributed by atoms with E-state index in [0.717, 1.165) is 30.3 Å². The molecule has 0 aliphatic carbocycles. The van der Waals surface area contributed by atoms with Crippen molar-refractivity contribution in [3.05, 3.63) is 29.8 Å². The summed E-state index contributed by atoms with van der Waals surface area (Å²) in [4.78, 5) is 86.6. The van der Waals surface area contributed by atoms with Crippen molar-refractivity contribution >= 4 is 41.5 Å². The second-order valence-electron chi connectivity index (χ2n) is 18.2. The molecule has 17 heteroatoms. The lowest BCUT2D eigenvalue weighted by molar-refractivity contribution is -0.870. The molecule has 2 rings (SSSR count). The number of likely N-dealkylation sites (tertiary alicyclic amines) is 1. The third kappa shape index (κ3) is 18.7. The van der Waals surface area contributed by atoms with Crippen LogP contribution in [0.1, 0.15) is 104 Å². The summed E-state index contributed by atoms with van der Waals surface area (Å²) in [5.74, 6) is -3.97.